The Hall–Kier alpha value is -3.06. The molecule has 30 heavy (non-hydrogen) atoms. The van der Waals surface area contributed by atoms with Gasteiger partial charge in [0.15, 0.2) is 5.69 Å². The second-order valence-electron chi connectivity index (χ2n) is 7.23. The molecule has 3 aromatic rings. The number of aryl methyl sites for hydroxylation is 1. The lowest BCUT2D eigenvalue weighted by molar-refractivity contribution is 0.0745. The third-order valence-corrected chi connectivity index (χ3v) is 5.89. The van der Waals surface area contributed by atoms with Gasteiger partial charge >= 0.3 is 0 Å². The first-order valence-electron chi connectivity index (χ1n) is 9.96. The topological polar surface area (TPSA) is 67.2 Å². The highest BCUT2D eigenvalue weighted by Crippen LogP contribution is 2.17. The Morgan fingerprint density at radius 2 is 1.83 bits per heavy atom. The molecule has 7 heteroatoms. The number of thioether (sulfide) groups is 1. The Morgan fingerprint density at radius 1 is 1.07 bits per heavy atom. The highest BCUT2D eigenvalue weighted by Gasteiger charge is 2.26. The Bertz CT molecular complexity index is 1030. The van der Waals surface area contributed by atoms with Gasteiger partial charge in [-0.1, -0.05) is 42.5 Å². The fourth-order valence-corrected chi connectivity index (χ4v) is 3.92. The summed E-state index contributed by atoms with van der Waals surface area (Å²) < 4.78 is 1.66. The molecule has 1 aliphatic heterocycles. The van der Waals surface area contributed by atoms with Crippen LogP contribution >= 0.6 is 11.8 Å². The molecule has 0 saturated heterocycles. The van der Waals surface area contributed by atoms with Crippen molar-refractivity contribution in [1.29, 1.82) is 0 Å². The standard InChI is InChI=1S/C23H24N4O2S/c1-30-19-10-8-17(9-11-19)15-24-22(28)20-14-21-23(29)26(12-5-13-27(21)25-20)16-18-6-3-2-4-7-18/h2-4,6-11,14H,5,12-13,15-16H2,1H3,(H,24,28). The first-order valence-corrected chi connectivity index (χ1v) is 11.2. The highest BCUT2D eigenvalue weighted by atomic mass is 32.2. The van der Waals surface area contributed by atoms with Crippen LogP contribution in [0.2, 0.25) is 0 Å². The van der Waals surface area contributed by atoms with Gasteiger partial charge in [0.25, 0.3) is 11.8 Å². The van der Waals surface area contributed by atoms with Crippen LogP contribution in [0, 0.1) is 0 Å². The maximum Gasteiger partial charge on any atom is 0.272 e. The van der Waals surface area contributed by atoms with Crippen molar-refractivity contribution in [3.05, 3.63) is 83.2 Å². The second-order valence-corrected chi connectivity index (χ2v) is 8.11. The molecule has 0 bridgehead atoms. The summed E-state index contributed by atoms with van der Waals surface area (Å²) in [6, 6.07) is 19.6. The van der Waals surface area contributed by atoms with Gasteiger partial charge in [-0.05, 0) is 35.9 Å². The van der Waals surface area contributed by atoms with Gasteiger partial charge in [-0.25, -0.2) is 0 Å². The number of amides is 2. The molecule has 0 aliphatic carbocycles. The van der Waals surface area contributed by atoms with E-state index in [0.29, 0.717) is 31.9 Å². The average molecular weight is 421 g/mol. The lowest BCUT2D eigenvalue weighted by Gasteiger charge is -2.20. The summed E-state index contributed by atoms with van der Waals surface area (Å²) in [5.41, 5.74) is 2.86. The third-order valence-electron chi connectivity index (χ3n) is 5.15. The number of hydrogen-bond acceptors (Lipinski definition) is 4. The van der Waals surface area contributed by atoms with E-state index < -0.39 is 0 Å². The number of aromatic nitrogens is 2. The van der Waals surface area contributed by atoms with E-state index in [0.717, 1.165) is 17.5 Å². The van der Waals surface area contributed by atoms with Crippen LogP contribution in [0.25, 0.3) is 0 Å². The van der Waals surface area contributed by atoms with Gasteiger partial charge in [0.1, 0.15) is 5.69 Å². The molecule has 0 fully saturated rings. The van der Waals surface area contributed by atoms with E-state index in [9.17, 15) is 9.59 Å². The number of nitrogens with zero attached hydrogens (tertiary/aromatic N) is 3. The summed E-state index contributed by atoms with van der Waals surface area (Å²) in [5, 5.41) is 7.29. The summed E-state index contributed by atoms with van der Waals surface area (Å²) >= 11 is 1.68. The molecular formula is C23H24N4O2S. The first-order chi connectivity index (χ1) is 14.6. The minimum absolute atomic E-state index is 0.0874. The molecule has 4 rings (SSSR count). The van der Waals surface area contributed by atoms with Gasteiger partial charge < -0.3 is 10.2 Å². The van der Waals surface area contributed by atoms with Gasteiger partial charge in [-0.2, -0.15) is 5.10 Å². The molecule has 2 heterocycles. The third kappa shape index (κ3) is 4.57. The van der Waals surface area contributed by atoms with Crippen LogP contribution in [0.5, 0.6) is 0 Å². The van der Waals surface area contributed by atoms with E-state index in [1.54, 1.807) is 22.5 Å². The van der Waals surface area contributed by atoms with E-state index in [2.05, 4.69) is 10.4 Å². The first kappa shape index (κ1) is 20.2. The van der Waals surface area contributed by atoms with E-state index in [-0.39, 0.29) is 17.5 Å². The highest BCUT2D eigenvalue weighted by molar-refractivity contribution is 7.98. The maximum absolute atomic E-state index is 13.0. The van der Waals surface area contributed by atoms with Gasteiger partial charge in [0.2, 0.25) is 0 Å². The molecule has 1 N–H and O–H groups in total. The summed E-state index contributed by atoms with van der Waals surface area (Å²) in [6.45, 7) is 2.27. The van der Waals surface area contributed by atoms with Crippen molar-refractivity contribution in [3.63, 3.8) is 0 Å². The Labute approximate surface area is 180 Å². The Balaban J connectivity index is 1.44. The smallest absolute Gasteiger partial charge is 0.272 e. The van der Waals surface area contributed by atoms with Crippen molar-refractivity contribution >= 4 is 23.6 Å². The van der Waals surface area contributed by atoms with Crippen LogP contribution in [0.3, 0.4) is 0 Å². The van der Waals surface area contributed by atoms with Gasteiger partial charge in [0.05, 0.1) is 0 Å². The van der Waals surface area contributed by atoms with Crippen LogP contribution < -0.4 is 5.32 Å². The quantitative estimate of drug-likeness (QED) is 0.619. The minimum Gasteiger partial charge on any atom is -0.347 e. The molecule has 2 aromatic carbocycles. The van der Waals surface area contributed by atoms with Gasteiger partial charge in [-0.15, -0.1) is 11.8 Å². The van der Waals surface area contributed by atoms with Crippen molar-refractivity contribution in [2.24, 2.45) is 0 Å². The van der Waals surface area contributed by atoms with Crippen molar-refractivity contribution < 1.29 is 9.59 Å². The fourth-order valence-electron chi connectivity index (χ4n) is 3.52. The van der Waals surface area contributed by atoms with E-state index in [1.807, 2.05) is 65.8 Å². The van der Waals surface area contributed by atoms with Crippen LogP contribution in [0.1, 0.15) is 38.5 Å². The van der Waals surface area contributed by atoms with Crippen LogP contribution in [0.15, 0.2) is 65.6 Å². The van der Waals surface area contributed by atoms with E-state index >= 15 is 0 Å². The lowest BCUT2D eigenvalue weighted by atomic mass is 10.2. The van der Waals surface area contributed by atoms with E-state index in [1.165, 1.54) is 4.90 Å². The van der Waals surface area contributed by atoms with E-state index in [4.69, 9.17) is 0 Å². The van der Waals surface area contributed by atoms with Crippen molar-refractivity contribution in [3.8, 4) is 0 Å². The molecule has 0 spiro atoms. The summed E-state index contributed by atoms with van der Waals surface area (Å²) in [5.74, 6) is -0.359. The summed E-state index contributed by atoms with van der Waals surface area (Å²) in [7, 11) is 0. The van der Waals surface area contributed by atoms with Crippen LogP contribution in [0.4, 0.5) is 0 Å². The number of fused-ring (bicyclic) bond motifs is 1. The fraction of sp³-hybridized carbons (Fsp3) is 0.261. The maximum atomic E-state index is 13.0. The molecule has 154 valence electrons. The zero-order chi connectivity index (χ0) is 20.9. The second kappa shape index (κ2) is 9.17. The van der Waals surface area contributed by atoms with Crippen molar-refractivity contribution in [1.82, 2.24) is 20.0 Å². The predicted molar refractivity (Wildman–Crippen MR) is 117 cm³/mol. The molecule has 1 aliphatic rings. The monoisotopic (exact) mass is 420 g/mol. The summed E-state index contributed by atoms with van der Waals surface area (Å²) in [4.78, 5) is 28.7. The largest absolute Gasteiger partial charge is 0.347 e. The van der Waals surface area contributed by atoms with Gasteiger partial charge in [-0.3, -0.25) is 14.3 Å². The van der Waals surface area contributed by atoms with Crippen LogP contribution in [-0.4, -0.2) is 39.3 Å². The zero-order valence-corrected chi connectivity index (χ0v) is 17.7. The molecule has 0 unspecified atom stereocenters. The average Bonchev–Trinajstić information content (AvgIpc) is 3.16. The Kier molecular flexibility index (Phi) is 6.18. The Morgan fingerprint density at radius 3 is 2.57 bits per heavy atom. The SMILES string of the molecule is CSc1ccc(CNC(=O)c2cc3n(n2)CCCN(Cc2ccccc2)C3=O)cc1. The molecular weight excluding hydrogens is 396 g/mol. The van der Waals surface area contributed by atoms with Gasteiger partial charge in [0, 0.05) is 37.1 Å². The zero-order valence-electron chi connectivity index (χ0n) is 16.9. The molecule has 2 amide bonds. The number of rotatable bonds is 6. The molecule has 0 saturated carbocycles. The lowest BCUT2D eigenvalue weighted by Crippen LogP contribution is -2.30. The molecule has 0 atom stereocenters. The normalized spacial score (nSPS) is 13.6. The van der Waals surface area contributed by atoms with Crippen molar-refractivity contribution in [2.75, 3.05) is 12.8 Å². The summed E-state index contributed by atoms with van der Waals surface area (Å²) in [6.07, 6.45) is 2.83. The number of carbonyl (C=O) groups excluding carboxylic acids is 2. The predicted octanol–water partition coefficient (Wildman–Crippen LogP) is 3.58. The number of hydrogen-bond donors (Lipinski definition) is 1. The van der Waals surface area contributed by atoms with Crippen LogP contribution in [-0.2, 0) is 19.6 Å². The molecule has 6 nitrogen and oxygen atoms in total. The van der Waals surface area contributed by atoms with Crippen molar-refractivity contribution in [2.45, 2.75) is 31.0 Å². The minimum atomic E-state index is -0.271. The number of benzene rings is 2. The molecule has 1 aromatic heterocycles. The number of nitrogens with one attached hydrogen (secondary N) is 1. The number of carbonyl (C=O) groups is 2. The molecule has 0 radical (unpaired) electrons.